The van der Waals surface area contributed by atoms with E-state index in [-0.39, 0.29) is 0 Å². The molecule has 0 amide bonds. The van der Waals surface area contributed by atoms with Gasteiger partial charge in [0, 0.05) is 6.54 Å². The van der Waals surface area contributed by atoms with E-state index in [1.54, 1.807) is 0 Å². The maximum atomic E-state index is 2.46. The zero-order valence-electron chi connectivity index (χ0n) is 11.8. The third-order valence-electron chi connectivity index (χ3n) is 3.75. The highest BCUT2D eigenvalue weighted by atomic mass is 15.1. The number of hydrogen-bond donors (Lipinski definition) is 0. The van der Waals surface area contributed by atoms with Crippen LogP contribution in [0.25, 0.3) is 0 Å². The van der Waals surface area contributed by atoms with Crippen molar-refractivity contribution >= 4 is 0 Å². The van der Waals surface area contributed by atoms with Gasteiger partial charge in [0.25, 0.3) is 0 Å². The van der Waals surface area contributed by atoms with Crippen LogP contribution in [0.5, 0.6) is 0 Å². The molecular formula is C16H27N. The van der Waals surface area contributed by atoms with Crippen molar-refractivity contribution in [1.29, 1.82) is 0 Å². The van der Waals surface area contributed by atoms with Gasteiger partial charge < -0.3 is 4.90 Å². The summed E-state index contributed by atoms with van der Waals surface area (Å²) in [5, 5.41) is 0. The van der Waals surface area contributed by atoms with Crippen molar-refractivity contribution < 1.29 is 0 Å². The summed E-state index contributed by atoms with van der Waals surface area (Å²) < 4.78 is 0. The van der Waals surface area contributed by atoms with E-state index in [1.165, 1.54) is 31.5 Å². The lowest BCUT2D eigenvalue weighted by atomic mass is 9.78. The van der Waals surface area contributed by atoms with Crippen molar-refractivity contribution in [1.82, 2.24) is 4.90 Å². The van der Waals surface area contributed by atoms with Crippen LogP contribution in [0.2, 0.25) is 0 Å². The van der Waals surface area contributed by atoms with Gasteiger partial charge in [0.2, 0.25) is 0 Å². The first-order chi connectivity index (χ1) is 8.22. The average Bonchev–Trinajstić information content (AvgIpc) is 2.34. The van der Waals surface area contributed by atoms with E-state index < -0.39 is 0 Å². The zero-order valence-corrected chi connectivity index (χ0v) is 11.8. The van der Waals surface area contributed by atoms with Crippen molar-refractivity contribution in [3.05, 3.63) is 36.0 Å². The van der Waals surface area contributed by atoms with E-state index in [2.05, 4.69) is 63.1 Å². The van der Waals surface area contributed by atoms with Crippen molar-refractivity contribution in [3.63, 3.8) is 0 Å². The molecule has 0 aliphatic carbocycles. The van der Waals surface area contributed by atoms with Gasteiger partial charge in [0.15, 0.2) is 0 Å². The normalized spacial score (nSPS) is 28.4. The number of allylic oxidation sites excluding steroid dienone is 5. The molecule has 0 aromatic carbocycles. The summed E-state index contributed by atoms with van der Waals surface area (Å²) in [7, 11) is 2.24. The molecule has 1 aliphatic heterocycles. The van der Waals surface area contributed by atoms with Crippen LogP contribution >= 0.6 is 0 Å². The van der Waals surface area contributed by atoms with Crippen LogP contribution in [-0.4, -0.2) is 25.0 Å². The van der Waals surface area contributed by atoms with Gasteiger partial charge in [-0.2, -0.15) is 0 Å². The second-order valence-corrected chi connectivity index (χ2v) is 5.02. The summed E-state index contributed by atoms with van der Waals surface area (Å²) >= 11 is 0. The lowest BCUT2D eigenvalue weighted by molar-refractivity contribution is 0.164. The smallest absolute Gasteiger partial charge is 0.00499 e. The average molecular weight is 233 g/mol. The van der Waals surface area contributed by atoms with Crippen molar-refractivity contribution in [2.45, 2.75) is 33.6 Å². The SMILES string of the molecule is C\C=C/C=C(\C=C/C)C1CN(C)CCC1CC. The Morgan fingerprint density at radius 1 is 1.29 bits per heavy atom. The molecule has 0 bridgehead atoms. The highest BCUT2D eigenvalue weighted by Crippen LogP contribution is 2.32. The topological polar surface area (TPSA) is 3.24 Å². The maximum absolute atomic E-state index is 2.46. The first-order valence-electron chi connectivity index (χ1n) is 6.87. The van der Waals surface area contributed by atoms with Crippen LogP contribution in [-0.2, 0) is 0 Å². The lowest BCUT2D eigenvalue weighted by Gasteiger charge is -2.37. The van der Waals surface area contributed by atoms with Crippen LogP contribution < -0.4 is 0 Å². The van der Waals surface area contributed by atoms with E-state index in [9.17, 15) is 0 Å². The molecule has 1 heterocycles. The molecule has 1 saturated heterocycles. The minimum Gasteiger partial charge on any atom is -0.306 e. The molecule has 0 radical (unpaired) electrons. The fourth-order valence-electron chi connectivity index (χ4n) is 2.73. The van der Waals surface area contributed by atoms with E-state index >= 15 is 0 Å². The quantitative estimate of drug-likeness (QED) is 0.662. The summed E-state index contributed by atoms with van der Waals surface area (Å²) in [6, 6.07) is 0. The van der Waals surface area contributed by atoms with E-state index in [4.69, 9.17) is 0 Å². The standard InChI is InChI=1S/C16H27N/c1-5-8-10-15(9-6-2)16-13-17(4)12-11-14(16)7-3/h5-6,8-10,14,16H,7,11-13H2,1-4H3/b8-5-,9-6-,15-10+. The van der Waals surface area contributed by atoms with Gasteiger partial charge in [0.05, 0.1) is 0 Å². The monoisotopic (exact) mass is 233 g/mol. The molecular weight excluding hydrogens is 206 g/mol. The van der Waals surface area contributed by atoms with Gasteiger partial charge in [0.1, 0.15) is 0 Å². The highest BCUT2D eigenvalue weighted by molar-refractivity contribution is 5.27. The molecule has 0 spiro atoms. The van der Waals surface area contributed by atoms with Crippen LogP contribution in [0.4, 0.5) is 0 Å². The number of piperidine rings is 1. The Morgan fingerprint density at radius 2 is 2.06 bits per heavy atom. The third-order valence-corrected chi connectivity index (χ3v) is 3.75. The summed E-state index contributed by atoms with van der Waals surface area (Å²) in [4.78, 5) is 2.46. The second-order valence-electron chi connectivity index (χ2n) is 5.02. The van der Waals surface area contributed by atoms with Gasteiger partial charge in [-0.15, -0.1) is 0 Å². The first kappa shape index (κ1) is 14.2. The van der Waals surface area contributed by atoms with E-state index in [0.717, 1.165) is 5.92 Å². The molecule has 1 heteroatoms. The van der Waals surface area contributed by atoms with E-state index in [1.807, 2.05) is 0 Å². The molecule has 1 nitrogen and oxygen atoms in total. The summed E-state index contributed by atoms with van der Waals surface area (Å²) in [5.41, 5.74) is 1.49. The minimum atomic E-state index is 0.700. The number of likely N-dealkylation sites (tertiary alicyclic amines) is 1. The molecule has 0 N–H and O–H groups in total. The number of rotatable bonds is 4. The number of nitrogens with zero attached hydrogens (tertiary/aromatic N) is 1. The Balaban J connectivity index is 2.88. The van der Waals surface area contributed by atoms with Crippen LogP contribution in [0.15, 0.2) is 36.0 Å². The third kappa shape index (κ3) is 4.16. The Hall–Kier alpha value is -0.820. The molecule has 96 valence electrons. The van der Waals surface area contributed by atoms with E-state index in [0.29, 0.717) is 5.92 Å². The van der Waals surface area contributed by atoms with Crippen LogP contribution in [0.3, 0.4) is 0 Å². The van der Waals surface area contributed by atoms with Crippen LogP contribution in [0.1, 0.15) is 33.6 Å². The predicted octanol–water partition coefficient (Wildman–Crippen LogP) is 4.04. The Kier molecular flexibility index (Phi) is 6.28. The summed E-state index contributed by atoms with van der Waals surface area (Å²) in [5.74, 6) is 1.55. The van der Waals surface area contributed by atoms with Crippen molar-refractivity contribution in [2.24, 2.45) is 11.8 Å². The highest BCUT2D eigenvalue weighted by Gasteiger charge is 2.27. The van der Waals surface area contributed by atoms with Gasteiger partial charge in [-0.05, 0) is 51.3 Å². The summed E-state index contributed by atoms with van der Waals surface area (Å²) in [6.45, 7) is 8.96. The largest absolute Gasteiger partial charge is 0.306 e. The lowest BCUT2D eigenvalue weighted by Crippen LogP contribution is -2.38. The zero-order chi connectivity index (χ0) is 12.7. The first-order valence-corrected chi connectivity index (χ1v) is 6.87. The molecule has 0 aromatic rings. The molecule has 1 aliphatic rings. The molecule has 1 fully saturated rings. The summed E-state index contributed by atoms with van der Waals surface area (Å²) in [6.07, 6.45) is 13.6. The van der Waals surface area contributed by atoms with Gasteiger partial charge in [-0.3, -0.25) is 0 Å². The molecule has 2 unspecified atom stereocenters. The number of hydrogen-bond acceptors (Lipinski definition) is 1. The Labute approximate surface area is 107 Å². The predicted molar refractivity (Wildman–Crippen MR) is 77.1 cm³/mol. The molecule has 1 rings (SSSR count). The minimum absolute atomic E-state index is 0.700. The fraction of sp³-hybridized carbons (Fsp3) is 0.625. The second kappa shape index (κ2) is 7.50. The van der Waals surface area contributed by atoms with Gasteiger partial charge in [-0.1, -0.05) is 43.7 Å². The molecule has 17 heavy (non-hydrogen) atoms. The van der Waals surface area contributed by atoms with Crippen molar-refractivity contribution in [2.75, 3.05) is 20.1 Å². The van der Waals surface area contributed by atoms with Crippen LogP contribution in [0, 0.1) is 11.8 Å². The fourth-order valence-corrected chi connectivity index (χ4v) is 2.73. The Bertz CT molecular complexity index is 299. The van der Waals surface area contributed by atoms with Gasteiger partial charge >= 0.3 is 0 Å². The molecule has 0 saturated carbocycles. The van der Waals surface area contributed by atoms with Crippen molar-refractivity contribution in [3.8, 4) is 0 Å². The maximum Gasteiger partial charge on any atom is 0.00499 e. The molecule has 2 atom stereocenters. The molecule has 0 aromatic heterocycles. The Morgan fingerprint density at radius 3 is 2.65 bits per heavy atom. The van der Waals surface area contributed by atoms with Gasteiger partial charge in [-0.25, -0.2) is 0 Å².